The number of carbonyl (C=O) groups is 1. The van der Waals surface area contributed by atoms with Gasteiger partial charge in [0.25, 0.3) is 0 Å². The smallest absolute Gasteiger partial charge is 0.233 e. The molecule has 0 saturated carbocycles. The zero-order valence-corrected chi connectivity index (χ0v) is 11.7. The van der Waals surface area contributed by atoms with E-state index in [1.165, 1.54) is 11.0 Å². The lowest BCUT2D eigenvalue weighted by molar-refractivity contribution is -0.125. The van der Waals surface area contributed by atoms with Crippen LogP contribution >= 0.6 is 15.9 Å². The molecule has 1 rings (SSSR count). The topological polar surface area (TPSA) is 46.3 Å². The normalized spacial score (nSPS) is 11.4. The van der Waals surface area contributed by atoms with Crippen molar-refractivity contribution in [1.82, 2.24) is 0 Å². The molecule has 0 fully saturated rings. The van der Waals surface area contributed by atoms with Crippen molar-refractivity contribution < 1.29 is 9.18 Å². The number of hydrogen-bond acceptors (Lipinski definition) is 2. The average molecular weight is 303 g/mol. The number of rotatable bonds is 3. The average Bonchev–Trinajstić information content (AvgIpc) is 2.30. The monoisotopic (exact) mass is 302 g/mol. The molecule has 17 heavy (non-hydrogen) atoms. The highest BCUT2D eigenvalue weighted by Crippen LogP contribution is 2.26. The van der Waals surface area contributed by atoms with E-state index in [9.17, 15) is 9.18 Å². The first-order valence-electron chi connectivity index (χ1n) is 5.23. The molecule has 0 spiro atoms. The Labute approximate surface area is 109 Å². The molecular formula is C12H16BrFN2O. The fourth-order valence-corrected chi connectivity index (χ4v) is 1.74. The van der Waals surface area contributed by atoms with Crippen molar-refractivity contribution >= 4 is 27.5 Å². The van der Waals surface area contributed by atoms with E-state index >= 15 is 0 Å². The van der Waals surface area contributed by atoms with Gasteiger partial charge in [-0.25, -0.2) is 4.39 Å². The maximum atomic E-state index is 13.6. The molecule has 94 valence electrons. The number of carbonyl (C=O) groups excluding carboxylic acids is 1. The van der Waals surface area contributed by atoms with Gasteiger partial charge in [0.15, 0.2) is 0 Å². The number of hydrogen-bond donors (Lipinski definition) is 1. The fourth-order valence-electron chi connectivity index (χ4n) is 1.39. The summed E-state index contributed by atoms with van der Waals surface area (Å²) < 4.78 is 14.3. The van der Waals surface area contributed by atoms with Gasteiger partial charge in [-0.05, 0) is 32.0 Å². The summed E-state index contributed by atoms with van der Waals surface area (Å²) in [7, 11) is 1.55. The Morgan fingerprint density at radius 1 is 1.53 bits per heavy atom. The molecular weight excluding hydrogens is 287 g/mol. The largest absolute Gasteiger partial charge is 0.329 e. The lowest BCUT2D eigenvalue weighted by Crippen LogP contribution is -2.43. The quantitative estimate of drug-likeness (QED) is 0.932. The van der Waals surface area contributed by atoms with Crippen LogP contribution in [0.4, 0.5) is 10.1 Å². The number of amides is 1. The maximum Gasteiger partial charge on any atom is 0.233 e. The van der Waals surface area contributed by atoms with Crippen LogP contribution in [0.2, 0.25) is 0 Å². The molecule has 0 heterocycles. The third kappa shape index (κ3) is 3.04. The van der Waals surface area contributed by atoms with Gasteiger partial charge in [0, 0.05) is 18.1 Å². The summed E-state index contributed by atoms with van der Waals surface area (Å²) in [4.78, 5) is 13.4. The van der Waals surface area contributed by atoms with Gasteiger partial charge in [-0.1, -0.05) is 15.9 Å². The van der Waals surface area contributed by atoms with Crippen molar-refractivity contribution in [2.45, 2.75) is 13.8 Å². The summed E-state index contributed by atoms with van der Waals surface area (Å²) in [6.45, 7) is 3.69. The van der Waals surface area contributed by atoms with E-state index in [-0.39, 0.29) is 18.1 Å². The molecule has 1 aromatic rings. The molecule has 0 aliphatic heterocycles. The molecule has 0 aliphatic rings. The van der Waals surface area contributed by atoms with Crippen LogP contribution < -0.4 is 10.6 Å². The van der Waals surface area contributed by atoms with Crippen LogP contribution in [0, 0.1) is 11.2 Å². The first-order valence-corrected chi connectivity index (χ1v) is 6.02. The second kappa shape index (κ2) is 5.14. The van der Waals surface area contributed by atoms with E-state index in [0.717, 1.165) is 4.47 Å². The van der Waals surface area contributed by atoms with Crippen LogP contribution in [0.15, 0.2) is 22.7 Å². The van der Waals surface area contributed by atoms with Gasteiger partial charge in [-0.15, -0.1) is 0 Å². The minimum absolute atomic E-state index is 0.211. The number of anilines is 1. The molecule has 0 bridgehead atoms. The molecule has 0 saturated heterocycles. The van der Waals surface area contributed by atoms with Gasteiger partial charge in [-0.3, -0.25) is 4.79 Å². The fraction of sp³-hybridized carbons (Fsp3) is 0.417. The van der Waals surface area contributed by atoms with E-state index < -0.39 is 11.2 Å². The van der Waals surface area contributed by atoms with Crippen LogP contribution in [0.25, 0.3) is 0 Å². The van der Waals surface area contributed by atoms with Crippen molar-refractivity contribution in [1.29, 1.82) is 0 Å². The highest BCUT2D eigenvalue weighted by Gasteiger charge is 2.30. The molecule has 1 aromatic carbocycles. The van der Waals surface area contributed by atoms with Gasteiger partial charge in [-0.2, -0.15) is 0 Å². The van der Waals surface area contributed by atoms with Gasteiger partial charge >= 0.3 is 0 Å². The van der Waals surface area contributed by atoms with E-state index in [1.807, 2.05) is 0 Å². The summed E-state index contributed by atoms with van der Waals surface area (Å²) in [5, 5.41) is 0. The number of benzene rings is 1. The Bertz CT molecular complexity index is 435. The Kier molecular flexibility index (Phi) is 4.27. The molecule has 0 radical (unpaired) electrons. The molecule has 3 nitrogen and oxygen atoms in total. The molecule has 0 aromatic heterocycles. The molecule has 0 atom stereocenters. The summed E-state index contributed by atoms with van der Waals surface area (Å²) in [5.74, 6) is -0.645. The first kappa shape index (κ1) is 14.1. The SMILES string of the molecule is CN(C(=O)C(C)(C)CN)c1cc(Br)ccc1F. The lowest BCUT2D eigenvalue weighted by Gasteiger charge is -2.28. The summed E-state index contributed by atoms with van der Waals surface area (Å²) in [6.07, 6.45) is 0. The third-order valence-corrected chi connectivity index (χ3v) is 3.16. The lowest BCUT2D eigenvalue weighted by atomic mass is 9.92. The second-order valence-corrected chi connectivity index (χ2v) is 5.46. The van der Waals surface area contributed by atoms with Crippen LogP contribution in [0.3, 0.4) is 0 Å². The second-order valence-electron chi connectivity index (χ2n) is 4.55. The van der Waals surface area contributed by atoms with Crippen molar-refractivity contribution in [3.63, 3.8) is 0 Å². The minimum atomic E-state index is -0.705. The van der Waals surface area contributed by atoms with Crippen molar-refractivity contribution in [3.8, 4) is 0 Å². The number of halogens is 2. The Morgan fingerprint density at radius 2 is 2.12 bits per heavy atom. The van der Waals surface area contributed by atoms with E-state index in [2.05, 4.69) is 15.9 Å². The Morgan fingerprint density at radius 3 is 2.65 bits per heavy atom. The van der Waals surface area contributed by atoms with Crippen LogP contribution in [0.1, 0.15) is 13.8 Å². The standard InChI is InChI=1S/C12H16BrFN2O/c1-12(2,7-15)11(17)16(3)10-6-8(13)4-5-9(10)14/h4-6H,7,15H2,1-3H3. The third-order valence-electron chi connectivity index (χ3n) is 2.66. The number of nitrogens with zero attached hydrogens (tertiary/aromatic N) is 1. The zero-order chi connectivity index (χ0) is 13.2. The van der Waals surface area contributed by atoms with Crippen molar-refractivity contribution in [2.24, 2.45) is 11.1 Å². The zero-order valence-electron chi connectivity index (χ0n) is 10.1. The molecule has 2 N–H and O–H groups in total. The maximum absolute atomic E-state index is 13.6. The van der Waals surface area contributed by atoms with Crippen molar-refractivity contribution in [2.75, 3.05) is 18.5 Å². The highest BCUT2D eigenvalue weighted by molar-refractivity contribution is 9.10. The predicted octanol–water partition coefficient (Wildman–Crippen LogP) is 2.54. The van der Waals surface area contributed by atoms with E-state index in [1.54, 1.807) is 33.0 Å². The Balaban J connectivity index is 3.08. The Hall–Kier alpha value is -0.940. The predicted molar refractivity (Wildman–Crippen MR) is 70.3 cm³/mol. The van der Waals surface area contributed by atoms with Gasteiger partial charge < -0.3 is 10.6 Å². The molecule has 0 unspecified atom stereocenters. The molecule has 0 aliphatic carbocycles. The van der Waals surface area contributed by atoms with Crippen LogP contribution in [-0.4, -0.2) is 19.5 Å². The molecule has 1 amide bonds. The van der Waals surface area contributed by atoms with Crippen molar-refractivity contribution in [3.05, 3.63) is 28.5 Å². The van der Waals surface area contributed by atoms with Gasteiger partial charge in [0.1, 0.15) is 5.82 Å². The number of nitrogens with two attached hydrogens (primary N) is 1. The van der Waals surface area contributed by atoms with E-state index in [0.29, 0.717) is 0 Å². The summed E-state index contributed by atoms with van der Waals surface area (Å²) in [5.41, 5.74) is 5.08. The van der Waals surface area contributed by atoms with Crippen LogP contribution in [-0.2, 0) is 4.79 Å². The first-order chi connectivity index (χ1) is 7.79. The molecule has 5 heteroatoms. The van der Waals surface area contributed by atoms with Gasteiger partial charge in [0.05, 0.1) is 11.1 Å². The summed E-state index contributed by atoms with van der Waals surface area (Å²) >= 11 is 3.25. The summed E-state index contributed by atoms with van der Waals surface area (Å²) in [6, 6.07) is 4.48. The van der Waals surface area contributed by atoms with E-state index in [4.69, 9.17) is 5.73 Å². The van der Waals surface area contributed by atoms with Crippen LogP contribution in [0.5, 0.6) is 0 Å². The minimum Gasteiger partial charge on any atom is -0.329 e. The highest BCUT2D eigenvalue weighted by atomic mass is 79.9. The van der Waals surface area contributed by atoms with Gasteiger partial charge in [0.2, 0.25) is 5.91 Å².